The van der Waals surface area contributed by atoms with E-state index in [2.05, 4.69) is 24.1 Å². The van der Waals surface area contributed by atoms with E-state index in [0.717, 1.165) is 12.1 Å². The van der Waals surface area contributed by atoms with Gasteiger partial charge in [-0.3, -0.25) is 0 Å². The molecule has 26 heavy (non-hydrogen) atoms. The molecule has 1 aromatic carbocycles. The van der Waals surface area contributed by atoms with Gasteiger partial charge in [0.2, 0.25) is 0 Å². The van der Waals surface area contributed by atoms with Crippen molar-refractivity contribution < 1.29 is 14.4 Å². The second-order valence-electron chi connectivity index (χ2n) is 6.17. The Balaban J connectivity index is 2.04. The van der Waals surface area contributed by atoms with Crippen LogP contribution < -0.4 is 14.8 Å². The van der Waals surface area contributed by atoms with Crippen molar-refractivity contribution in [2.24, 2.45) is 0 Å². The molecule has 0 saturated carbocycles. The van der Waals surface area contributed by atoms with Crippen molar-refractivity contribution in [1.29, 1.82) is 0 Å². The zero-order valence-electron chi connectivity index (χ0n) is 15.7. The van der Waals surface area contributed by atoms with Gasteiger partial charge < -0.3 is 24.9 Å². The van der Waals surface area contributed by atoms with Crippen LogP contribution in [0.1, 0.15) is 32.2 Å². The number of hydrogen-bond acceptors (Lipinski definition) is 6. The number of benzene rings is 1. The molecule has 2 aromatic rings. The molecule has 0 bridgehead atoms. The molecule has 0 aliphatic rings. The highest BCUT2D eigenvalue weighted by atomic mass is 16.6. The number of aryl methyl sites for hydroxylation is 1. The van der Waals surface area contributed by atoms with Crippen LogP contribution in [0.2, 0.25) is 0 Å². The number of nitro groups is 1. The summed E-state index contributed by atoms with van der Waals surface area (Å²) in [6.07, 6.45) is 1.26. The zero-order valence-corrected chi connectivity index (χ0v) is 15.7. The molecule has 8 heteroatoms. The fraction of sp³-hybridized carbons (Fsp3) is 0.500. The second-order valence-corrected chi connectivity index (χ2v) is 6.17. The lowest BCUT2D eigenvalue weighted by molar-refractivity contribution is -0.392. The number of hydrogen-bond donors (Lipinski definition) is 1. The molecule has 1 aromatic heterocycles. The first kappa shape index (κ1) is 19.7. The van der Waals surface area contributed by atoms with Crippen molar-refractivity contribution in [3.8, 4) is 11.5 Å². The number of nitrogens with one attached hydrogen (secondary N) is 1. The van der Waals surface area contributed by atoms with Gasteiger partial charge in [0, 0.05) is 19.5 Å². The predicted octanol–water partition coefficient (Wildman–Crippen LogP) is 3.08. The van der Waals surface area contributed by atoms with Crippen molar-refractivity contribution in [2.75, 3.05) is 13.2 Å². The first-order chi connectivity index (χ1) is 12.4. The largest absolute Gasteiger partial charge is 0.490 e. The van der Waals surface area contributed by atoms with E-state index >= 15 is 0 Å². The monoisotopic (exact) mass is 362 g/mol. The molecule has 2 rings (SSSR count). The van der Waals surface area contributed by atoms with Crippen LogP contribution in [0.3, 0.4) is 0 Å². The molecular weight excluding hydrogens is 336 g/mol. The van der Waals surface area contributed by atoms with E-state index in [1.54, 1.807) is 6.92 Å². The summed E-state index contributed by atoms with van der Waals surface area (Å²) >= 11 is 0. The Morgan fingerprint density at radius 2 is 2.08 bits per heavy atom. The van der Waals surface area contributed by atoms with E-state index in [9.17, 15) is 10.1 Å². The number of rotatable bonds is 10. The SMILES string of the molecule is CCOc1cc(CNC(C)C)ccc1OCCn1c([N+](=O)[O-])cnc1C. The lowest BCUT2D eigenvalue weighted by atomic mass is 10.2. The standard InChI is InChI=1S/C18H26N4O4/c1-5-25-17-10-15(11-19-13(2)3)6-7-16(17)26-9-8-21-14(4)20-12-18(21)22(23)24/h6-7,10,12-13,19H,5,8-9,11H2,1-4H3. The topological polar surface area (TPSA) is 91.5 Å². The zero-order chi connectivity index (χ0) is 19.1. The highest BCUT2D eigenvalue weighted by molar-refractivity contribution is 5.43. The molecule has 0 fully saturated rings. The maximum atomic E-state index is 11.0. The van der Waals surface area contributed by atoms with Crippen molar-refractivity contribution in [3.05, 3.63) is 45.9 Å². The van der Waals surface area contributed by atoms with Gasteiger partial charge in [-0.1, -0.05) is 19.9 Å². The Kier molecular flexibility index (Phi) is 6.97. The molecule has 0 unspecified atom stereocenters. The third-order valence-corrected chi connectivity index (χ3v) is 3.82. The molecule has 0 aliphatic carbocycles. The summed E-state index contributed by atoms with van der Waals surface area (Å²) in [4.78, 5) is 14.6. The molecule has 0 aliphatic heterocycles. The maximum Gasteiger partial charge on any atom is 0.342 e. The highest BCUT2D eigenvalue weighted by Crippen LogP contribution is 2.29. The average molecular weight is 362 g/mol. The molecule has 0 spiro atoms. The quantitative estimate of drug-likeness (QED) is 0.516. The van der Waals surface area contributed by atoms with Crippen molar-refractivity contribution in [1.82, 2.24) is 14.9 Å². The fourth-order valence-electron chi connectivity index (χ4n) is 2.50. The summed E-state index contributed by atoms with van der Waals surface area (Å²) in [5, 5.41) is 14.4. The molecule has 0 atom stereocenters. The van der Waals surface area contributed by atoms with Gasteiger partial charge in [0.05, 0.1) is 6.61 Å². The van der Waals surface area contributed by atoms with Crippen LogP contribution in [0.5, 0.6) is 11.5 Å². The summed E-state index contributed by atoms with van der Waals surface area (Å²) in [7, 11) is 0. The van der Waals surface area contributed by atoms with Gasteiger partial charge in [0.25, 0.3) is 0 Å². The van der Waals surface area contributed by atoms with Crippen LogP contribution in [0.4, 0.5) is 5.82 Å². The molecular formula is C18H26N4O4. The second kappa shape index (κ2) is 9.19. The van der Waals surface area contributed by atoms with Crippen LogP contribution in [0, 0.1) is 17.0 Å². The lowest BCUT2D eigenvalue weighted by Gasteiger charge is -2.14. The van der Waals surface area contributed by atoms with Crippen LogP contribution in [-0.4, -0.2) is 33.7 Å². The van der Waals surface area contributed by atoms with Gasteiger partial charge in [0.15, 0.2) is 17.3 Å². The van der Waals surface area contributed by atoms with E-state index in [1.807, 2.05) is 25.1 Å². The minimum absolute atomic E-state index is 0.0359. The van der Waals surface area contributed by atoms with Crippen LogP contribution in [-0.2, 0) is 13.1 Å². The first-order valence-electron chi connectivity index (χ1n) is 8.70. The Morgan fingerprint density at radius 3 is 2.73 bits per heavy atom. The highest BCUT2D eigenvalue weighted by Gasteiger charge is 2.17. The van der Waals surface area contributed by atoms with Crippen molar-refractivity contribution in [3.63, 3.8) is 0 Å². The minimum Gasteiger partial charge on any atom is -0.490 e. The van der Waals surface area contributed by atoms with Crippen LogP contribution >= 0.6 is 0 Å². The van der Waals surface area contributed by atoms with Gasteiger partial charge in [0.1, 0.15) is 19.3 Å². The van der Waals surface area contributed by atoms with Crippen LogP contribution in [0.25, 0.3) is 0 Å². The molecule has 142 valence electrons. The Bertz CT molecular complexity index is 743. The maximum absolute atomic E-state index is 11.0. The molecule has 1 N–H and O–H groups in total. The van der Waals surface area contributed by atoms with Crippen molar-refractivity contribution >= 4 is 5.82 Å². The Hall–Kier alpha value is -2.61. The van der Waals surface area contributed by atoms with Gasteiger partial charge in [-0.2, -0.15) is 0 Å². The Morgan fingerprint density at radius 1 is 1.31 bits per heavy atom. The van der Waals surface area contributed by atoms with Crippen LogP contribution in [0.15, 0.2) is 24.4 Å². The van der Waals surface area contributed by atoms with E-state index in [-0.39, 0.29) is 12.4 Å². The van der Waals surface area contributed by atoms with Gasteiger partial charge >= 0.3 is 5.82 Å². The van der Waals surface area contributed by atoms with E-state index in [1.165, 1.54) is 10.8 Å². The Labute approximate surface area is 153 Å². The number of ether oxygens (including phenoxy) is 2. The van der Waals surface area contributed by atoms with Gasteiger partial charge in [-0.15, -0.1) is 0 Å². The third-order valence-electron chi connectivity index (χ3n) is 3.82. The smallest absolute Gasteiger partial charge is 0.342 e. The number of aromatic nitrogens is 2. The minimum atomic E-state index is -0.442. The van der Waals surface area contributed by atoms with Crippen molar-refractivity contribution in [2.45, 2.75) is 46.8 Å². The first-order valence-corrected chi connectivity index (χ1v) is 8.70. The normalized spacial score (nSPS) is 11.0. The van der Waals surface area contributed by atoms with Gasteiger partial charge in [-0.05, 0) is 29.5 Å². The predicted molar refractivity (Wildman–Crippen MR) is 98.7 cm³/mol. The van der Waals surface area contributed by atoms with E-state index < -0.39 is 4.92 Å². The lowest BCUT2D eigenvalue weighted by Crippen LogP contribution is -2.21. The molecule has 0 amide bonds. The summed E-state index contributed by atoms with van der Waals surface area (Å²) in [5.74, 6) is 1.85. The number of nitrogens with zero attached hydrogens (tertiary/aromatic N) is 3. The summed E-state index contributed by atoms with van der Waals surface area (Å²) in [5.41, 5.74) is 1.11. The summed E-state index contributed by atoms with van der Waals surface area (Å²) < 4.78 is 13.0. The van der Waals surface area contributed by atoms with E-state index in [0.29, 0.717) is 36.5 Å². The molecule has 0 radical (unpaired) electrons. The molecule has 8 nitrogen and oxygen atoms in total. The molecule has 0 saturated heterocycles. The summed E-state index contributed by atoms with van der Waals surface area (Å²) in [6, 6.07) is 6.21. The van der Waals surface area contributed by atoms with E-state index in [4.69, 9.17) is 9.47 Å². The fourth-order valence-corrected chi connectivity index (χ4v) is 2.50. The average Bonchev–Trinajstić information content (AvgIpc) is 2.96. The summed E-state index contributed by atoms with van der Waals surface area (Å²) in [6.45, 7) is 9.74. The molecule has 1 heterocycles. The van der Waals surface area contributed by atoms with Gasteiger partial charge in [-0.25, -0.2) is 9.55 Å². The third kappa shape index (κ3) is 5.19. The number of imidazole rings is 1.